The fraction of sp³-hybridized carbons (Fsp3) is 0.941. The van der Waals surface area contributed by atoms with Crippen molar-refractivity contribution in [3.8, 4) is 0 Å². The number of hydrogen-bond donors (Lipinski definition) is 2. The van der Waals surface area contributed by atoms with Gasteiger partial charge in [0.05, 0.1) is 12.7 Å². The van der Waals surface area contributed by atoms with Gasteiger partial charge in [-0.05, 0) is 25.2 Å². The lowest BCUT2D eigenvalue weighted by molar-refractivity contribution is -0.0284. The zero-order valence-electron chi connectivity index (χ0n) is 15.4. The molecule has 6 nitrogen and oxygen atoms in total. The third kappa shape index (κ3) is 9.79. The van der Waals surface area contributed by atoms with E-state index < -0.39 is 0 Å². The zero-order chi connectivity index (χ0) is 16.9. The molecule has 1 atom stereocenters. The van der Waals surface area contributed by atoms with Gasteiger partial charge >= 0.3 is 0 Å². The number of rotatable bonds is 10. The summed E-state index contributed by atoms with van der Waals surface area (Å²) in [6.07, 6.45) is 3.66. The Labute approximate surface area is 142 Å². The smallest absolute Gasteiger partial charge is 0.191 e. The van der Waals surface area contributed by atoms with Crippen molar-refractivity contribution < 1.29 is 9.47 Å². The average Bonchev–Trinajstić information content (AvgIpc) is 2.53. The Kier molecular flexibility index (Phi) is 11.0. The maximum absolute atomic E-state index is 5.85. The van der Waals surface area contributed by atoms with Crippen LogP contribution in [0.2, 0.25) is 0 Å². The minimum absolute atomic E-state index is 0.239. The highest BCUT2D eigenvalue weighted by Gasteiger charge is 2.20. The lowest BCUT2D eigenvalue weighted by Gasteiger charge is -2.34. The second kappa shape index (κ2) is 12.6. The van der Waals surface area contributed by atoms with Crippen molar-refractivity contribution in [2.45, 2.75) is 39.2 Å². The molecule has 1 fully saturated rings. The van der Waals surface area contributed by atoms with Gasteiger partial charge < -0.3 is 20.1 Å². The maximum atomic E-state index is 5.85. The molecule has 0 aliphatic carbocycles. The Bertz CT molecular complexity index is 324. The topological polar surface area (TPSA) is 58.1 Å². The molecule has 0 saturated carbocycles. The molecule has 2 N–H and O–H groups in total. The Morgan fingerprint density at radius 3 is 2.83 bits per heavy atom. The van der Waals surface area contributed by atoms with Gasteiger partial charge in [0.25, 0.3) is 0 Å². The van der Waals surface area contributed by atoms with E-state index in [-0.39, 0.29) is 6.10 Å². The molecule has 0 bridgehead atoms. The number of ether oxygens (including phenoxy) is 2. The molecule has 1 aliphatic heterocycles. The van der Waals surface area contributed by atoms with Crippen LogP contribution >= 0.6 is 0 Å². The molecule has 0 radical (unpaired) electrons. The largest absolute Gasteiger partial charge is 0.385 e. The van der Waals surface area contributed by atoms with Crippen molar-refractivity contribution in [1.29, 1.82) is 0 Å². The predicted octanol–water partition coefficient (Wildman–Crippen LogP) is 1.32. The summed E-state index contributed by atoms with van der Waals surface area (Å²) in [5, 5.41) is 6.74. The van der Waals surface area contributed by atoms with Gasteiger partial charge in [-0.15, -0.1) is 0 Å². The van der Waals surface area contributed by atoms with Gasteiger partial charge in [-0.2, -0.15) is 0 Å². The highest BCUT2D eigenvalue weighted by atomic mass is 16.5. The SMILES string of the molecule is CN=C(NCCCCCOC)NC[C@@H]1CN(CC(C)C)CCO1. The molecule has 0 aromatic carbocycles. The van der Waals surface area contributed by atoms with Crippen molar-refractivity contribution in [3.05, 3.63) is 0 Å². The van der Waals surface area contributed by atoms with Gasteiger partial charge in [-0.3, -0.25) is 9.89 Å². The van der Waals surface area contributed by atoms with Crippen LogP contribution in [0.25, 0.3) is 0 Å². The minimum atomic E-state index is 0.239. The van der Waals surface area contributed by atoms with Crippen molar-refractivity contribution in [3.63, 3.8) is 0 Å². The van der Waals surface area contributed by atoms with E-state index in [1.807, 2.05) is 7.05 Å². The maximum Gasteiger partial charge on any atom is 0.191 e. The van der Waals surface area contributed by atoms with Crippen LogP contribution in [0.1, 0.15) is 33.1 Å². The Morgan fingerprint density at radius 2 is 2.13 bits per heavy atom. The van der Waals surface area contributed by atoms with E-state index in [0.717, 1.165) is 64.7 Å². The lowest BCUT2D eigenvalue weighted by atomic mass is 10.2. The molecule has 1 saturated heterocycles. The molecule has 0 spiro atoms. The van der Waals surface area contributed by atoms with Gasteiger partial charge in [0.15, 0.2) is 5.96 Å². The number of unbranched alkanes of at least 4 members (excludes halogenated alkanes) is 2. The predicted molar refractivity (Wildman–Crippen MR) is 96.1 cm³/mol. The van der Waals surface area contributed by atoms with Crippen molar-refractivity contribution >= 4 is 5.96 Å². The molecule has 1 rings (SSSR count). The number of methoxy groups -OCH3 is 1. The summed E-state index contributed by atoms with van der Waals surface area (Å²) in [5.74, 6) is 1.57. The summed E-state index contributed by atoms with van der Waals surface area (Å²) in [6.45, 7) is 11.1. The van der Waals surface area contributed by atoms with Crippen molar-refractivity contribution in [2.75, 3.05) is 60.1 Å². The van der Waals surface area contributed by atoms with Gasteiger partial charge in [0, 0.05) is 53.5 Å². The van der Waals surface area contributed by atoms with Crippen LogP contribution in [0.5, 0.6) is 0 Å². The van der Waals surface area contributed by atoms with E-state index >= 15 is 0 Å². The van der Waals surface area contributed by atoms with Crippen LogP contribution in [0.15, 0.2) is 4.99 Å². The first-order valence-corrected chi connectivity index (χ1v) is 8.93. The summed E-state index contributed by atoms with van der Waals surface area (Å²) in [7, 11) is 3.56. The van der Waals surface area contributed by atoms with Crippen LogP contribution < -0.4 is 10.6 Å². The summed E-state index contributed by atoms with van der Waals surface area (Å²) in [6, 6.07) is 0. The zero-order valence-corrected chi connectivity index (χ0v) is 15.4. The Morgan fingerprint density at radius 1 is 1.30 bits per heavy atom. The van der Waals surface area contributed by atoms with Crippen LogP contribution in [-0.4, -0.2) is 77.1 Å². The van der Waals surface area contributed by atoms with Gasteiger partial charge in [0.1, 0.15) is 0 Å². The number of nitrogens with one attached hydrogen (secondary N) is 2. The Hall–Kier alpha value is -0.850. The second-order valence-electron chi connectivity index (χ2n) is 6.58. The molecule has 0 unspecified atom stereocenters. The molecule has 1 aliphatic rings. The fourth-order valence-electron chi connectivity index (χ4n) is 2.77. The number of aliphatic imine (C=N–C) groups is 1. The molecule has 0 aromatic heterocycles. The van der Waals surface area contributed by atoms with E-state index in [1.54, 1.807) is 7.11 Å². The molecule has 0 aromatic rings. The third-order valence-corrected chi connectivity index (χ3v) is 3.88. The van der Waals surface area contributed by atoms with E-state index in [1.165, 1.54) is 6.42 Å². The second-order valence-corrected chi connectivity index (χ2v) is 6.58. The van der Waals surface area contributed by atoms with Gasteiger partial charge in [0.2, 0.25) is 0 Å². The van der Waals surface area contributed by atoms with Crippen LogP contribution in [0, 0.1) is 5.92 Å². The quantitative estimate of drug-likeness (QED) is 0.360. The standard InChI is InChI=1S/C17H36N4O2/c1-15(2)13-21-9-11-23-16(14-21)12-20-17(18-3)19-8-6-5-7-10-22-4/h15-16H,5-14H2,1-4H3,(H2,18,19,20)/t16-/m1/s1. The number of guanidine groups is 1. The van der Waals surface area contributed by atoms with E-state index in [4.69, 9.17) is 9.47 Å². The van der Waals surface area contributed by atoms with Crippen LogP contribution in [0.4, 0.5) is 0 Å². The van der Waals surface area contributed by atoms with Gasteiger partial charge in [-0.25, -0.2) is 0 Å². The number of morpholine rings is 1. The fourth-order valence-corrected chi connectivity index (χ4v) is 2.77. The molecule has 0 amide bonds. The van der Waals surface area contributed by atoms with E-state index in [2.05, 4.69) is 34.4 Å². The first-order chi connectivity index (χ1) is 11.2. The average molecular weight is 329 g/mol. The van der Waals surface area contributed by atoms with E-state index in [0.29, 0.717) is 5.92 Å². The summed E-state index contributed by atoms with van der Waals surface area (Å²) in [4.78, 5) is 6.77. The normalized spacial score (nSPS) is 20.0. The summed E-state index contributed by atoms with van der Waals surface area (Å²) < 4.78 is 10.9. The molecular formula is C17H36N4O2. The molecule has 1 heterocycles. The van der Waals surface area contributed by atoms with Gasteiger partial charge in [-0.1, -0.05) is 13.8 Å². The van der Waals surface area contributed by atoms with Crippen LogP contribution in [0.3, 0.4) is 0 Å². The summed E-state index contributed by atoms with van der Waals surface area (Å²) >= 11 is 0. The first-order valence-electron chi connectivity index (χ1n) is 8.93. The molecular weight excluding hydrogens is 292 g/mol. The lowest BCUT2D eigenvalue weighted by Crippen LogP contribution is -2.50. The molecule has 6 heteroatoms. The highest BCUT2D eigenvalue weighted by molar-refractivity contribution is 5.79. The number of nitrogens with zero attached hydrogens (tertiary/aromatic N) is 2. The van der Waals surface area contributed by atoms with Crippen molar-refractivity contribution in [2.24, 2.45) is 10.9 Å². The van der Waals surface area contributed by atoms with E-state index in [9.17, 15) is 0 Å². The summed E-state index contributed by atoms with van der Waals surface area (Å²) in [5.41, 5.74) is 0. The highest BCUT2D eigenvalue weighted by Crippen LogP contribution is 2.07. The minimum Gasteiger partial charge on any atom is -0.385 e. The monoisotopic (exact) mass is 328 g/mol. The van der Waals surface area contributed by atoms with Crippen LogP contribution in [-0.2, 0) is 9.47 Å². The molecule has 136 valence electrons. The number of hydrogen-bond acceptors (Lipinski definition) is 4. The third-order valence-electron chi connectivity index (χ3n) is 3.88. The first kappa shape index (κ1) is 20.2. The van der Waals surface area contributed by atoms with Crippen molar-refractivity contribution in [1.82, 2.24) is 15.5 Å². The molecule has 23 heavy (non-hydrogen) atoms. The Balaban J connectivity index is 2.16.